The minimum atomic E-state index is 0.899. The number of hydrogen-bond acceptors (Lipinski definition) is 2. The van der Waals surface area contributed by atoms with Gasteiger partial charge < -0.3 is 13.4 Å². The monoisotopic (exact) mass is 575 g/mol. The fourth-order valence-electron chi connectivity index (χ4n) is 7.09. The molecule has 10 aromatic rings. The number of nitrogens with zero attached hydrogens (tertiary/aromatic N) is 1. The molecule has 0 saturated carbocycles. The molecule has 0 unspecified atom stereocenters. The van der Waals surface area contributed by atoms with Crippen LogP contribution in [-0.4, -0.2) is 4.57 Å². The first-order valence-corrected chi connectivity index (χ1v) is 15.3. The molecule has 0 aliphatic rings. The van der Waals surface area contributed by atoms with Crippen LogP contribution in [0.4, 0.5) is 0 Å². The molecule has 0 N–H and O–H groups in total. The van der Waals surface area contributed by atoms with E-state index in [1.165, 1.54) is 21.9 Å². The molecular weight excluding hydrogens is 550 g/mol. The molecule has 3 aromatic heterocycles. The molecule has 3 heterocycles. The lowest BCUT2D eigenvalue weighted by atomic mass is 10.0. The number of hydrogen-bond donors (Lipinski definition) is 0. The molecule has 0 saturated heterocycles. The quantitative estimate of drug-likeness (QED) is 0.210. The van der Waals surface area contributed by atoms with Gasteiger partial charge in [0.15, 0.2) is 5.58 Å². The number of rotatable bonds is 3. The molecule has 0 aliphatic heterocycles. The molecule has 3 nitrogen and oxygen atoms in total. The van der Waals surface area contributed by atoms with Crippen molar-refractivity contribution in [3.05, 3.63) is 152 Å². The third kappa shape index (κ3) is 3.58. The second kappa shape index (κ2) is 9.22. The van der Waals surface area contributed by atoms with Gasteiger partial charge in [-0.05, 0) is 76.9 Å². The van der Waals surface area contributed by atoms with Crippen LogP contribution in [0.15, 0.2) is 160 Å². The Bertz CT molecular complexity index is 2760. The van der Waals surface area contributed by atoms with E-state index in [4.69, 9.17) is 8.83 Å². The van der Waals surface area contributed by atoms with Crippen molar-refractivity contribution in [2.24, 2.45) is 0 Å². The van der Waals surface area contributed by atoms with Gasteiger partial charge in [0.25, 0.3) is 0 Å². The third-order valence-corrected chi connectivity index (χ3v) is 9.19. The Morgan fingerprint density at radius 3 is 1.84 bits per heavy atom. The number of aromatic nitrogens is 1. The van der Waals surface area contributed by atoms with Crippen LogP contribution >= 0.6 is 0 Å². The fourth-order valence-corrected chi connectivity index (χ4v) is 7.09. The highest BCUT2D eigenvalue weighted by Crippen LogP contribution is 2.42. The van der Waals surface area contributed by atoms with Gasteiger partial charge in [0, 0.05) is 38.0 Å². The Morgan fingerprint density at radius 2 is 0.978 bits per heavy atom. The van der Waals surface area contributed by atoms with Crippen LogP contribution in [0.3, 0.4) is 0 Å². The lowest BCUT2D eigenvalue weighted by Crippen LogP contribution is -1.95. The van der Waals surface area contributed by atoms with Gasteiger partial charge >= 0.3 is 0 Å². The third-order valence-electron chi connectivity index (χ3n) is 9.19. The maximum atomic E-state index is 6.64. The van der Waals surface area contributed by atoms with Crippen molar-refractivity contribution in [1.82, 2.24) is 4.57 Å². The summed E-state index contributed by atoms with van der Waals surface area (Å²) < 4.78 is 15.1. The van der Waals surface area contributed by atoms with Gasteiger partial charge in [-0.3, -0.25) is 0 Å². The first-order chi connectivity index (χ1) is 22.3. The molecule has 0 bridgehead atoms. The highest BCUT2D eigenvalue weighted by molar-refractivity contribution is 6.22. The highest BCUT2D eigenvalue weighted by atomic mass is 16.3. The predicted octanol–water partition coefficient (Wildman–Crippen LogP) is 11.9. The van der Waals surface area contributed by atoms with Gasteiger partial charge in [-0.2, -0.15) is 0 Å². The van der Waals surface area contributed by atoms with E-state index in [2.05, 4.69) is 138 Å². The lowest BCUT2D eigenvalue weighted by Gasteiger charge is -2.11. The molecule has 0 fully saturated rings. The van der Waals surface area contributed by atoms with Crippen molar-refractivity contribution in [2.45, 2.75) is 0 Å². The van der Waals surface area contributed by atoms with E-state index in [-0.39, 0.29) is 0 Å². The van der Waals surface area contributed by atoms with Crippen molar-refractivity contribution in [3.63, 3.8) is 0 Å². The van der Waals surface area contributed by atoms with Crippen LogP contribution < -0.4 is 0 Å². The SMILES string of the molecule is c1ccc(-c2ccc3c(c2)c2ccc4c5ccccc5oc4c2n3-c2cccc(-c3ccc4oc5ccccc5c4c3)c2)cc1. The molecule has 0 aliphatic carbocycles. The molecule has 3 heteroatoms. The van der Waals surface area contributed by atoms with Crippen molar-refractivity contribution >= 4 is 65.7 Å². The van der Waals surface area contributed by atoms with Gasteiger partial charge in [0.1, 0.15) is 16.7 Å². The van der Waals surface area contributed by atoms with E-state index < -0.39 is 0 Å². The van der Waals surface area contributed by atoms with Crippen LogP contribution in [0.2, 0.25) is 0 Å². The summed E-state index contributed by atoms with van der Waals surface area (Å²) in [5.41, 5.74) is 11.6. The van der Waals surface area contributed by atoms with Gasteiger partial charge in [-0.15, -0.1) is 0 Å². The van der Waals surface area contributed by atoms with E-state index in [1.807, 2.05) is 18.2 Å². The summed E-state index contributed by atoms with van der Waals surface area (Å²) in [6.07, 6.45) is 0. The van der Waals surface area contributed by atoms with Crippen molar-refractivity contribution in [3.8, 4) is 27.9 Å². The lowest BCUT2D eigenvalue weighted by molar-refractivity contribution is 0.669. The normalized spacial score (nSPS) is 12.0. The van der Waals surface area contributed by atoms with Crippen molar-refractivity contribution < 1.29 is 8.83 Å². The van der Waals surface area contributed by atoms with Crippen molar-refractivity contribution in [1.29, 1.82) is 0 Å². The summed E-state index contributed by atoms with van der Waals surface area (Å²) in [5.74, 6) is 0. The Labute approximate surface area is 258 Å². The topological polar surface area (TPSA) is 31.2 Å². The zero-order chi connectivity index (χ0) is 29.5. The van der Waals surface area contributed by atoms with E-state index >= 15 is 0 Å². The van der Waals surface area contributed by atoms with E-state index in [9.17, 15) is 0 Å². The largest absolute Gasteiger partial charge is 0.456 e. The number of para-hydroxylation sites is 2. The predicted molar refractivity (Wildman–Crippen MR) is 186 cm³/mol. The summed E-state index contributed by atoms with van der Waals surface area (Å²) in [7, 11) is 0. The van der Waals surface area contributed by atoms with Crippen LogP contribution in [0.5, 0.6) is 0 Å². The first kappa shape index (κ1) is 24.4. The van der Waals surface area contributed by atoms with E-state index in [0.29, 0.717) is 0 Å². The average Bonchev–Trinajstić information content (AvgIpc) is 3.77. The minimum absolute atomic E-state index is 0.899. The Kier molecular flexibility index (Phi) is 5.00. The molecule has 0 spiro atoms. The molecule has 7 aromatic carbocycles. The Balaban J connectivity index is 1.25. The molecule has 0 atom stereocenters. The molecule has 0 radical (unpaired) electrons. The summed E-state index contributed by atoms with van der Waals surface area (Å²) in [5, 5.41) is 6.89. The number of benzene rings is 7. The second-order valence-electron chi connectivity index (χ2n) is 11.7. The second-order valence-corrected chi connectivity index (χ2v) is 11.7. The average molecular weight is 576 g/mol. The molecule has 210 valence electrons. The molecule has 45 heavy (non-hydrogen) atoms. The molecular formula is C42H25NO2. The Hall–Kier alpha value is -6.06. The fraction of sp³-hybridized carbons (Fsp3) is 0. The standard InChI is InChI=1S/C42H25NO2/c1-2-9-26(10-3-1)28-17-21-37-35(24-28)33-19-20-34-31-13-4-7-16-39(31)45-42(34)41(33)43(37)30-12-8-11-27(23-30)29-18-22-40-36(25-29)32-14-5-6-15-38(32)44-40/h1-25H. The maximum Gasteiger partial charge on any atom is 0.160 e. The molecule has 10 rings (SSSR count). The first-order valence-electron chi connectivity index (χ1n) is 15.3. The maximum absolute atomic E-state index is 6.64. The van der Waals surface area contributed by atoms with Crippen LogP contribution in [0, 0.1) is 0 Å². The van der Waals surface area contributed by atoms with Gasteiger partial charge in [0.05, 0.1) is 11.0 Å². The van der Waals surface area contributed by atoms with Crippen LogP contribution in [0.1, 0.15) is 0 Å². The van der Waals surface area contributed by atoms with Crippen LogP contribution in [0.25, 0.3) is 93.6 Å². The summed E-state index contributed by atoms with van der Waals surface area (Å²) in [4.78, 5) is 0. The summed E-state index contributed by atoms with van der Waals surface area (Å²) in [6.45, 7) is 0. The summed E-state index contributed by atoms with van der Waals surface area (Å²) >= 11 is 0. The minimum Gasteiger partial charge on any atom is -0.456 e. The summed E-state index contributed by atoms with van der Waals surface area (Å²) in [6, 6.07) is 53.7. The van der Waals surface area contributed by atoms with E-state index in [1.54, 1.807) is 0 Å². The number of furan rings is 2. The zero-order valence-electron chi connectivity index (χ0n) is 24.2. The zero-order valence-corrected chi connectivity index (χ0v) is 24.2. The van der Waals surface area contributed by atoms with Gasteiger partial charge in [-0.25, -0.2) is 0 Å². The molecule has 0 amide bonds. The van der Waals surface area contributed by atoms with Gasteiger partial charge in [-0.1, -0.05) is 97.1 Å². The van der Waals surface area contributed by atoms with Crippen LogP contribution in [-0.2, 0) is 0 Å². The van der Waals surface area contributed by atoms with Gasteiger partial charge in [0.2, 0.25) is 0 Å². The van der Waals surface area contributed by atoms with Crippen molar-refractivity contribution in [2.75, 3.05) is 0 Å². The smallest absolute Gasteiger partial charge is 0.160 e. The highest BCUT2D eigenvalue weighted by Gasteiger charge is 2.20. The number of fused-ring (bicyclic) bond motifs is 10. The van der Waals surface area contributed by atoms with E-state index in [0.717, 1.165) is 71.7 Å². The Morgan fingerprint density at radius 1 is 0.356 bits per heavy atom.